The van der Waals surface area contributed by atoms with Crippen LogP contribution in [0.25, 0.3) is 54.7 Å². The number of methoxy groups -OCH3 is 1. The van der Waals surface area contributed by atoms with E-state index in [0.29, 0.717) is 49.7 Å². The molecule has 0 aliphatic heterocycles. The molecule has 0 amide bonds. The second-order valence-corrected chi connectivity index (χ2v) is 19.6. The first-order chi connectivity index (χ1) is 32.6. The number of aryl methyl sites for hydroxylation is 2. The van der Waals surface area contributed by atoms with Gasteiger partial charge in [0.1, 0.15) is 33.9 Å². The molecule has 8 aromatic carbocycles. The minimum atomic E-state index is -4.06. The van der Waals surface area contributed by atoms with Gasteiger partial charge in [0, 0.05) is 47.3 Å². The molecule has 68 heavy (non-hydrogen) atoms. The lowest BCUT2D eigenvalue weighted by Gasteiger charge is -2.14. The fourth-order valence-corrected chi connectivity index (χ4v) is 9.64. The van der Waals surface area contributed by atoms with Crippen LogP contribution in [0.5, 0.6) is 11.5 Å². The number of hydrogen-bond donors (Lipinski definition) is 6. The Morgan fingerprint density at radius 3 is 2.26 bits per heavy atom. The molecule has 9 aromatic rings. The molecule has 0 unspecified atom stereocenters. The van der Waals surface area contributed by atoms with Gasteiger partial charge in [0.2, 0.25) is 0 Å². The van der Waals surface area contributed by atoms with Gasteiger partial charge in [-0.25, -0.2) is 0 Å². The van der Waals surface area contributed by atoms with Crippen molar-refractivity contribution in [2.24, 2.45) is 20.5 Å². The summed E-state index contributed by atoms with van der Waals surface area (Å²) in [7, 11) is -2.49. The number of nitrogens with one attached hydrogen (secondary N) is 1. The molecule has 342 valence electrons. The third kappa shape index (κ3) is 10.1. The third-order valence-corrected chi connectivity index (χ3v) is 13.3. The largest absolute Gasteiger partial charge is 0.494 e. The first kappa shape index (κ1) is 46.7. The van der Waals surface area contributed by atoms with Crippen molar-refractivity contribution in [3.05, 3.63) is 139 Å². The Kier molecular flexibility index (Phi) is 13.2. The molecule has 1 heterocycles. The summed E-state index contributed by atoms with van der Waals surface area (Å²) in [5.74, 6) is 0.691. The average Bonchev–Trinajstić information content (AvgIpc) is 3.75. The fraction of sp³-hybridized carbons (Fsp3) is 0.120. The molecule has 0 aliphatic carbocycles. The highest BCUT2D eigenvalue weighted by Gasteiger charge is 2.15. The van der Waals surface area contributed by atoms with Crippen molar-refractivity contribution >= 4 is 138 Å². The smallest absolute Gasteiger partial charge is 0.264 e. The van der Waals surface area contributed by atoms with Crippen molar-refractivity contribution in [3.63, 3.8) is 0 Å². The van der Waals surface area contributed by atoms with Gasteiger partial charge in [-0.15, -0.1) is 70.9 Å². The van der Waals surface area contributed by atoms with Crippen molar-refractivity contribution < 1.29 is 22.4 Å². The van der Waals surface area contributed by atoms with Gasteiger partial charge in [-0.2, -0.15) is 23.4 Å². The van der Waals surface area contributed by atoms with Crippen LogP contribution in [0.4, 0.5) is 28.4 Å². The van der Waals surface area contributed by atoms with Gasteiger partial charge < -0.3 is 14.8 Å². The molecule has 1 aromatic heterocycles. The van der Waals surface area contributed by atoms with Crippen LogP contribution in [0.3, 0.4) is 0 Å². The number of rotatable bonds is 14. The third-order valence-electron chi connectivity index (χ3n) is 11.2. The quantitative estimate of drug-likeness (QED) is 0.0271. The van der Waals surface area contributed by atoms with Crippen LogP contribution >= 0.6 is 50.5 Å². The molecule has 0 radical (unpaired) electrons. The number of nitrogens with zero attached hydrogens (tertiary/aromatic N) is 7. The Balaban J connectivity index is 0.870. The predicted molar refractivity (Wildman–Crippen MR) is 283 cm³/mol. The topological polar surface area (TPSA) is 165 Å². The molecule has 0 spiro atoms. The summed E-state index contributed by atoms with van der Waals surface area (Å²) in [5.41, 5.74) is 8.85. The van der Waals surface area contributed by atoms with Crippen LogP contribution < -0.4 is 14.8 Å². The highest BCUT2D eigenvalue weighted by Crippen LogP contribution is 2.39. The second-order valence-electron chi connectivity index (χ2n) is 16.0. The van der Waals surface area contributed by atoms with Crippen LogP contribution in [-0.2, 0) is 10.1 Å². The Bertz CT molecular complexity index is 3690. The highest BCUT2D eigenvalue weighted by molar-refractivity contribution is 7.85. The van der Waals surface area contributed by atoms with E-state index in [2.05, 4.69) is 70.2 Å². The molecule has 2 N–H and O–H groups in total. The molecular weight excluding hydrogens is 953 g/mol. The number of hydrogen-bond acceptors (Lipinski definition) is 15. The highest BCUT2D eigenvalue weighted by atomic mass is 32.2. The number of fused-ring (bicyclic) bond motifs is 5. The molecule has 13 nitrogen and oxygen atoms in total. The van der Waals surface area contributed by atoms with Gasteiger partial charge in [-0.3, -0.25) is 4.55 Å². The molecule has 18 heteroatoms. The van der Waals surface area contributed by atoms with Gasteiger partial charge >= 0.3 is 0 Å². The van der Waals surface area contributed by atoms with E-state index in [1.165, 1.54) is 0 Å². The van der Waals surface area contributed by atoms with Gasteiger partial charge in [0.05, 0.1) is 36.5 Å². The summed E-state index contributed by atoms with van der Waals surface area (Å²) in [6, 6.07) is 36.5. The van der Waals surface area contributed by atoms with Crippen LogP contribution in [0.15, 0.2) is 162 Å². The molecule has 0 bridgehead atoms. The zero-order valence-electron chi connectivity index (χ0n) is 36.7. The van der Waals surface area contributed by atoms with Crippen molar-refractivity contribution in [2.45, 2.75) is 39.9 Å². The number of anilines is 1. The van der Waals surface area contributed by atoms with Crippen LogP contribution in [0, 0.1) is 13.8 Å². The minimum Gasteiger partial charge on any atom is -0.494 e. The van der Waals surface area contributed by atoms with E-state index in [4.69, 9.17) is 36.9 Å². The summed E-state index contributed by atoms with van der Waals surface area (Å²) >= 11 is 18.5. The maximum Gasteiger partial charge on any atom is 0.264 e. The molecule has 0 aliphatic rings. The summed E-state index contributed by atoms with van der Waals surface area (Å²) in [6.45, 7) is 8.32. The zero-order valence-corrected chi connectivity index (χ0v) is 41.1. The van der Waals surface area contributed by atoms with Gasteiger partial charge in [-0.1, -0.05) is 24.8 Å². The lowest BCUT2D eigenvalue weighted by molar-refractivity contribution is 0.319. The monoisotopic (exact) mass is 994 g/mol. The van der Waals surface area contributed by atoms with Crippen LogP contribution in [-0.4, -0.2) is 47.4 Å². The van der Waals surface area contributed by atoms with E-state index in [1.807, 2.05) is 123 Å². The van der Waals surface area contributed by atoms with Gasteiger partial charge in [0.25, 0.3) is 10.1 Å². The number of ether oxygens (including phenoxy) is 2. The molecule has 9 rings (SSSR count). The lowest BCUT2D eigenvalue weighted by atomic mass is 10.0. The van der Waals surface area contributed by atoms with Crippen LogP contribution in [0.1, 0.15) is 23.1 Å². The van der Waals surface area contributed by atoms with E-state index in [1.54, 1.807) is 18.0 Å². The first-order valence-electron chi connectivity index (χ1n) is 21.0. The van der Waals surface area contributed by atoms with Crippen LogP contribution in [0.2, 0.25) is 0 Å². The van der Waals surface area contributed by atoms with E-state index in [0.717, 1.165) is 81.2 Å². The van der Waals surface area contributed by atoms with Crippen molar-refractivity contribution in [2.75, 3.05) is 24.8 Å². The Morgan fingerprint density at radius 2 is 1.47 bits per heavy atom. The van der Waals surface area contributed by atoms with Crippen molar-refractivity contribution in [3.8, 4) is 17.2 Å². The summed E-state index contributed by atoms with van der Waals surface area (Å²) in [4.78, 5) is 4.65. The fourth-order valence-electron chi connectivity index (χ4n) is 7.85. The molecular formula is C50H42N8O5S5. The van der Waals surface area contributed by atoms with Gasteiger partial charge in [-0.05, 0) is 150 Å². The summed E-state index contributed by atoms with van der Waals surface area (Å²) < 4.78 is 42.8. The number of azo groups is 2. The second kappa shape index (κ2) is 19.3. The summed E-state index contributed by atoms with van der Waals surface area (Å²) in [6.07, 6.45) is 0.149. The maximum absolute atomic E-state index is 11.1. The minimum absolute atomic E-state index is 0.119. The molecule has 0 saturated carbocycles. The zero-order chi connectivity index (χ0) is 47.9. The predicted octanol–water partition coefficient (Wildman–Crippen LogP) is 14.2. The van der Waals surface area contributed by atoms with E-state index < -0.39 is 10.1 Å². The molecule has 0 fully saturated rings. The normalized spacial score (nSPS) is 12.1. The number of aromatic nitrogens is 3. The van der Waals surface area contributed by atoms with Gasteiger partial charge in [0.15, 0.2) is 0 Å². The van der Waals surface area contributed by atoms with E-state index >= 15 is 0 Å². The standard InChI is InChI=1S/C50H42N8O5S5/c1-27-18-34(52-55-49-28(2)38-11-9-35(20-32(38)23-48(49)67)58-56-44-15-12-40-41(50(44)57-58)24-37(65)26-47(40)66)8-14-42(27)53-54-43-13-6-30(22-46(43)62-4)29(3)51-33-7-10-39-31(19-33)21-36(64)25-45(39)63-16-5-17-68(59,60)61/h6-15,18-26,51,64-67H,3,5,16-17H2,1-2,4H3,(H,59,60,61). The van der Waals surface area contributed by atoms with Crippen molar-refractivity contribution in [1.82, 2.24) is 15.0 Å². The Hall–Kier alpha value is -6.41. The number of benzene rings is 8. The Morgan fingerprint density at radius 1 is 0.721 bits per heavy atom. The first-order valence-corrected chi connectivity index (χ1v) is 24.4. The Labute approximate surface area is 413 Å². The SMILES string of the molecule is C=C(Nc1ccc2c(OCCCS(=O)(=O)O)cc(S)cc2c1)c1ccc(N=Nc2ccc(N=Nc3c(S)cc4cc(-n5nc6ccc7c(S)cc(S)cc7c6n5)ccc4c3C)cc2C)c(OC)c1. The maximum atomic E-state index is 11.1. The summed E-state index contributed by atoms with van der Waals surface area (Å²) in [5, 5.41) is 36.9. The average molecular weight is 995 g/mol. The van der Waals surface area contributed by atoms with E-state index in [-0.39, 0.29) is 18.8 Å². The molecule has 0 saturated heterocycles. The number of thiol groups is 4. The van der Waals surface area contributed by atoms with E-state index in [9.17, 15) is 8.42 Å². The lowest BCUT2D eigenvalue weighted by Crippen LogP contribution is -2.08. The van der Waals surface area contributed by atoms with Crippen molar-refractivity contribution in [1.29, 1.82) is 0 Å². The molecule has 0 atom stereocenters.